The molecule has 0 radical (unpaired) electrons. The van der Waals surface area contributed by atoms with Crippen molar-refractivity contribution in [3.05, 3.63) is 0 Å². The molecule has 0 aromatic rings. The molecule has 0 aliphatic carbocycles. The molecule has 0 bridgehead atoms. The van der Waals surface area contributed by atoms with Gasteiger partial charge in [0.15, 0.2) is 5.96 Å². The molecule has 1 aliphatic heterocycles. The van der Waals surface area contributed by atoms with Crippen LogP contribution in [0.15, 0.2) is 4.99 Å². The molecule has 4 heteroatoms. The summed E-state index contributed by atoms with van der Waals surface area (Å²) in [5, 5.41) is 3.50. The Hall–Kier alpha value is -0.770. The van der Waals surface area contributed by atoms with Crippen LogP contribution in [0.2, 0.25) is 0 Å². The fourth-order valence-corrected chi connectivity index (χ4v) is 2.45. The van der Waals surface area contributed by atoms with Crippen LogP contribution in [0.1, 0.15) is 39.5 Å². The summed E-state index contributed by atoms with van der Waals surface area (Å²) in [5.41, 5.74) is 0. The second kappa shape index (κ2) is 9.18. The van der Waals surface area contributed by atoms with Crippen molar-refractivity contribution in [1.29, 1.82) is 0 Å². The number of hydrogen-bond donors (Lipinski definition) is 1. The molecule has 0 amide bonds. The molecule has 0 unspecified atom stereocenters. The van der Waals surface area contributed by atoms with Gasteiger partial charge in [-0.25, -0.2) is 0 Å². The number of likely N-dealkylation sites (N-methyl/N-ethyl adjacent to an activating group) is 1. The van der Waals surface area contributed by atoms with E-state index in [1.165, 1.54) is 32.2 Å². The fourth-order valence-electron chi connectivity index (χ4n) is 2.45. The molecule has 112 valence electrons. The Balaban J connectivity index is 2.22. The Morgan fingerprint density at radius 3 is 2.58 bits per heavy atom. The Labute approximate surface area is 119 Å². The van der Waals surface area contributed by atoms with Crippen LogP contribution < -0.4 is 5.32 Å². The van der Waals surface area contributed by atoms with Crippen LogP contribution in [0.5, 0.6) is 0 Å². The molecule has 0 spiro atoms. The van der Waals surface area contributed by atoms with Gasteiger partial charge in [0.25, 0.3) is 0 Å². The van der Waals surface area contributed by atoms with Crippen molar-refractivity contribution in [2.45, 2.75) is 39.5 Å². The van der Waals surface area contributed by atoms with Crippen LogP contribution in [-0.4, -0.2) is 62.6 Å². The number of nitrogens with one attached hydrogen (secondary N) is 1. The van der Waals surface area contributed by atoms with E-state index in [1.807, 2.05) is 7.05 Å². The highest BCUT2D eigenvalue weighted by atomic mass is 15.3. The van der Waals surface area contributed by atoms with Gasteiger partial charge in [-0.05, 0) is 38.8 Å². The number of hydrogen-bond acceptors (Lipinski definition) is 2. The Morgan fingerprint density at radius 1 is 1.32 bits per heavy atom. The maximum atomic E-state index is 4.41. The average molecular weight is 268 g/mol. The number of likely N-dealkylation sites (tertiary alicyclic amines) is 1. The van der Waals surface area contributed by atoms with Crippen LogP contribution in [0.25, 0.3) is 0 Å². The van der Waals surface area contributed by atoms with Crippen molar-refractivity contribution in [1.82, 2.24) is 15.1 Å². The summed E-state index contributed by atoms with van der Waals surface area (Å²) in [5.74, 6) is 1.95. The van der Waals surface area contributed by atoms with E-state index in [9.17, 15) is 0 Å². The molecule has 0 aromatic carbocycles. The van der Waals surface area contributed by atoms with E-state index in [4.69, 9.17) is 0 Å². The molecular weight excluding hydrogens is 236 g/mol. The van der Waals surface area contributed by atoms with Crippen molar-refractivity contribution in [2.24, 2.45) is 10.9 Å². The van der Waals surface area contributed by atoms with Gasteiger partial charge in [0.05, 0.1) is 0 Å². The number of aliphatic imine (C=N–C) groups is 1. The van der Waals surface area contributed by atoms with Crippen LogP contribution in [0, 0.1) is 5.92 Å². The van der Waals surface area contributed by atoms with E-state index in [0.717, 1.165) is 38.1 Å². The normalized spacial score (nSPS) is 18.2. The first-order chi connectivity index (χ1) is 9.17. The van der Waals surface area contributed by atoms with E-state index in [2.05, 4.69) is 41.0 Å². The summed E-state index contributed by atoms with van der Waals surface area (Å²) in [6.45, 7) is 10.1. The molecule has 1 aliphatic rings. The van der Waals surface area contributed by atoms with Crippen LogP contribution in [-0.2, 0) is 0 Å². The maximum Gasteiger partial charge on any atom is 0.193 e. The topological polar surface area (TPSA) is 30.9 Å². The van der Waals surface area contributed by atoms with Gasteiger partial charge < -0.3 is 15.1 Å². The van der Waals surface area contributed by atoms with Crippen molar-refractivity contribution in [2.75, 3.05) is 46.8 Å². The molecule has 0 aromatic heterocycles. The maximum absolute atomic E-state index is 4.41. The predicted molar refractivity (Wildman–Crippen MR) is 83.7 cm³/mol. The highest BCUT2D eigenvalue weighted by Crippen LogP contribution is 2.15. The Kier molecular flexibility index (Phi) is 7.87. The molecule has 1 heterocycles. The number of guanidine groups is 1. The zero-order chi connectivity index (χ0) is 14.1. The van der Waals surface area contributed by atoms with Gasteiger partial charge in [-0.3, -0.25) is 4.99 Å². The Bertz CT molecular complexity index is 257. The van der Waals surface area contributed by atoms with Crippen molar-refractivity contribution in [3.63, 3.8) is 0 Å². The van der Waals surface area contributed by atoms with E-state index >= 15 is 0 Å². The van der Waals surface area contributed by atoms with E-state index in [-0.39, 0.29) is 0 Å². The average Bonchev–Trinajstić information content (AvgIpc) is 2.42. The summed E-state index contributed by atoms with van der Waals surface area (Å²) in [7, 11) is 4.09. The second-order valence-electron chi connectivity index (χ2n) is 5.80. The lowest BCUT2D eigenvalue weighted by molar-refractivity contribution is 0.271. The molecule has 1 saturated heterocycles. The van der Waals surface area contributed by atoms with Gasteiger partial charge >= 0.3 is 0 Å². The third kappa shape index (κ3) is 6.28. The summed E-state index contributed by atoms with van der Waals surface area (Å²) in [6.07, 6.45) is 5.13. The van der Waals surface area contributed by atoms with Crippen molar-refractivity contribution < 1.29 is 0 Å². The standard InChI is InChI=1S/C15H32N4/c1-5-6-10-18(4)13-9-17-15(16-3)19-11-7-14(2)8-12-19/h14H,5-13H2,1-4H3,(H,16,17). The quantitative estimate of drug-likeness (QED) is 0.591. The first kappa shape index (κ1) is 16.3. The lowest BCUT2D eigenvalue weighted by Crippen LogP contribution is -2.47. The number of piperidine rings is 1. The predicted octanol–water partition coefficient (Wildman–Crippen LogP) is 2.03. The van der Waals surface area contributed by atoms with Crippen molar-refractivity contribution in [3.8, 4) is 0 Å². The van der Waals surface area contributed by atoms with E-state index in [1.54, 1.807) is 0 Å². The third-order valence-corrected chi connectivity index (χ3v) is 3.96. The summed E-state index contributed by atoms with van der Waals surface area (Å²) in [4.78, 5) is 9.19. The molecule has 0 atom stereocenters. The van der Waals surface area contributed by atoms with Gasteiger partial charge in [0, 0.05) is 33.2 Å². The van der Waals surface area contributed by atoms with Crippen molar-refractivity contribution >= 4 is 5.96 Å². The monoisotopic (exact) mass is 268 g/mol. The van der Waals surface area contributed by atoms with Gasteiger partial charge in [-0.15, -0.1) is 0 Å². The minimum atomic E-state index is 0.870. The van der Waals surface area contributed by atoms with Crippen LogP contribution in [0.3, 0.4) is 0 Å². The van der Waals surface area contributed by atoms with Gasteiger partial charge in [-0.2, -0.15) is 0 Å². The summed E-state index contributed by atoms with van der Waals surface area (Å²) < 4.78 is 0. The minimum absolute atomic E-state index is 0.870. The first-order valence-electron chi connectivity index (χ1n) is 7.81. The second-order valence-corrected chi connectivity index (χ2v) is 5.80. The fraction of sp³-hybridized carbons (Fsp3) is 0.933. The smallest absolute Gasteiger partial charge is 0.193 e. The van der Waals surface area contributed by atoms with Crippen LogP contribution in [0.4, 0.5) is 0 Å². The molecule has 1 rings (SSSR count). The van der Waals surface area contributed by atoms with Crippen LogP contribution >= 0.6 is 0 Å². The zero-order valence-corrected chi connectivity index (χ0v) is 13.3. The highest BCUT2D eigenvalue weighted by Gasteiger charge is 2.18. The van der Waals surface area contributed by atoms with E-state index in [0.29, 0.717) is 0 Å². The minimum Gasteiger partial charge on any atom is -0.355 e. The molecule has 1 fully saturated rings. The van der Waals surface area contributed by atoms with Gasteiger partial charge in [0.2, 0.25) is 0 Å². The van der Waals surface area contributed by atoms with E-state index < -0.39 is 0 Å². The Morgan fingerprint density at radius 2 is 2.00 bits per heavy atom. The summed E-state index contributed by atoms with van der Waals surface area (Å²) >= 11 is 0. The molecular formula is C15H32N4. The number of unbranched alkanes of at least 4 members (excludes halogenated alkanes) is 1. The lowest BCUT2D eigenvalue weighted by Gasteiger charge is -2.33. The molecule has 4 nitrogen and oxygen atoms in total. The SMILES string of the molecule is CCCCN(C)CCNC(=NC)N1CCC(C)CC1. The number of rotatable bonds is 6. The molecule has 1 N–H and O–H groups in total. The molecule has 0 saturated carbocycles. The largest absolute Gasteiger partial charge is 0.355 e. The van der Waals surface area contributed by atoms with Gasteiger partial charge in [-0.1, -0.05) is 20.3 Å². The van der Waals surface area contributed by atoms with Gasteiger partial charge in [0.1, 0.15) is 0 Å². The lowest BCUT2D eigenvalue weighted by atomic mass is 10.00. The summed E-state index contributed by atoms with van der Waals surface area (Å²) in [6, 6.07) is 0. The first-order valence-corrected chi connectivity index (χ1v) is 7.81. The highest BCUT2D eigenvalue weighted by molar-refractivity contribution is 5.79. The molecule has 19 heavy (non-hydrogen) atoms. The third-order valence-electron chi connectivity index (χ3n) is 3.96. The zero-order valence-electron chi connectivity index (χ0n) is 13.3. The number of nitrogens with zero attached hydrogens (tertiary/aromatic N) is 3.